The Hall–Kier alpha value is -1.20. The largest absolute Gasteiger partial charge is 0.394 e. The molecule has 0 aromatic heterocycles. The maximum atomic E-state index is 9.41. The van der Waals surface area contributed by atoms with Gasteiger partial charge in [0.2, 0.25) is 0 Å². The minimum Gasteiger partial charge on any atom is -0.394 e. The maximum Gasteiger partial charge on any atom is 0.0933 e. The van der Waals surface area contributed by atoms with Crippen molar-refractivity contribution in [3.05, 3.63) is 70.2 Å². The summed E-state index contributed by atoms with van der Waals surface area (Å²) in [5.41, 5.74) is 2.53. The zero-order valence-corrected chi connectivity index (χ0v) is 13.9. The highest BCUT2D eigenvalue weighted by atomic mass is 79.9. The van der Waals surface area contributed by atoms with Gasteiger partial charge in [0.05, 0.1) is 25.4 Å². The fraction of sp³-hybridized carbons (Fsp3) is 0.333. The van der Waals surface area contributed by atoms with Crippen LogP contribution in [0.5, 0.6) is 0 Å². The minimum absolute atomic E-state index is 0.0678. The summed E-state index contributed by atoms with van der Waals surface area (Å²) in [4.78, 5) is 2.39. The molecule has 0 spiro atoms. The Kier molecular flexibility index (Phi) is 5.26. The summed E-state index contributed by atoms with van der Waals surface area (Å²) in [6.07, 6.45) is -0.101. The van der Waals surface area contributed by atoms with E-state index in [4.69, 9.17) is 4.74 Å². The van der Waals surface area contributed by atoms with Gasteiger partial charge in [-0.1, -0.05) is 58.4 Å². The van der Waals surface area contributed by atoms with Crippen molar-refractivity contribution >= 4 is 15.9 Å². The lowest BCUT2D eigenvalue weighted by molar-refractivity contribution is -0.0866. The molecule has 1 heterocycles. The third-order valence-corrected chi connectivity index (χ3v) is 4.58. The molecule has 22 heavy (non-hydrogen) atoms. The Morgan fingerprint density at radius 3 is 2.50 bits per heavy atom. The van der Waals surface area contributed by atoms with Crippen LogP contribution in [0.2, 0.25) is 0 Å². The van der Waals surface area contributed by atoms with E-state index in [1.54, 1.807) is 0 Å². The monoisotopic (exact) mass is 361 g/mol. The van der Waals surface area contributed by atoms with Crippen LogP contribution in [0, 0.1) is 0 Å². The number of hydrogen-bond acceptors (Lipinski definition) is 3. The van der Waals surface area contributed by atoms with E-state index in [-0.39, 0.29) is 18.8 Å². The van der Waals surface area contributed by atoms with Crippen molar-refractivity contribution in [2.75, 3.05) is 19.8 Å². The molecule has 3 nitrogen and oxygen atoms in total. The number of hydrogen-bond donors (Lipinski definition) is 1. The highest BCUT2D eigenvalue weighted by molar-refractivity contribution is 9.10. The Labute approximate surface area is 139 Å². The fourth-order valence-corrected chi connectivity index (χ4v) is 3.13. The average molecular weight is 362 g/mol. The highest BCUT2D eigenvalue weighted by Gasteiger charge is 2.29. The van der Waals surface area contributed by atoms with Crippen LogP contribution in [-0.4, -0.2) is 35.9 Å². The molecule has 1 fully saturated rings. The van der Waals surface area contributed by atoms with Gasteiger partial charge in [-0.05, 0) is 23.3 Å². The van der Waals surface area contributed by atoms with Gasteiger partial charge < -0.3 is 9.84 Å². The number of rotatable bonds is 4. The standard InChI is InChI=1S/C18H20BrNO2/c19-16-8-6-15(7-9-16)18-13-22-17(12-21)11-20(18)10-14-4-2-1-3-5-14/h1-9,17-18,21H,10-13H2. The van der Waals surface area contributed by atoms with Crippen LogP contribution in [0.4, 0.5) is 0 Å². The normalized spacial score (nSPS) is 22.6. The van der Waals surface area contributed by atoms with E-state index in [2.05, 4.69) is 69.4 Å². The van der Waals surface area contributed by atoms with Gasteiger partial charge in [0.15, 0.2) is 0 Å². The van der Waals surface area contributed by atoms with Gasteiger partial charge in [-0.25, -0.2) is 0 Å². The van der Waals surface area contributed by atoms with E-state index < -0.39 is 0 Å². The number of morpholine rings is 1. The molecule has 116 valence electrons. The van der Waals surface area contributed by atoms with E-state index in [1.807, 2.05) is 6.07 Å². The summed E-state index contributed by atoms with van der Waals surface area (Å²) in [5.74, 6) is 0. The zero-order valence-electron chi connectivity index (χ0n) is 12.4. The van der Waals surface area contributed by atoms with Crippen molar-refractivity contribution < 1.29 is 9.84 Å². The molecule has 0 amide bonds. The van der Waals surface area contributed by atoms with Crippen molar-refractivity contribution in [1.29, 1.82) is 0 Å². The second-order valence-electron chi connectivity index (χ2n) is 5.62. The maximum absolute atomic E-state index is 9.41. The van der Waals surface area contributed by atoms with E-state index >= 15 is 0 Å². The molecule has 1 aliphatic heterocycles. The van der Waals surface area contributed by atoms with Crippen LogP contribution >= 0.6 is 15.9 Å². The number of aliphatic hydroxyl groups excluding tert-OH is 1. The Balaban J connectivity index is 1.81. The number of aliphatic hydroxyl groups is 1. The summed E-state index contributed by atoms with van der Waals surface area (Å²) in [5, 5.41) is 9.41. The predicted molar refractivity (Wildman–Crippen MR) is 90.6 cm³/mol. The van der Waals surface area contributed by atoms with Crippen LogP contribution in [-0.2, 0) is 11.3 Å². The smallest absolute Gasteiger partial charge is 0.0933 e. The molecule has 2 atom stereocenters. The topological polar surface area (TPSA) is 32.7 Å². The van der Waals surface area contributed by atoms with Gasteiger partial charge >= 0.3 is 0 Å². The second kappa shape index (κ2) is 7.38. The van der Waals surface area contributed by atoms with E-state index in [0.717, 1.165) is 17.6 Å². The quantitative estimate of drug-likeness (QED) is 0.905. The molecular formula is C18H20BrNO2. The lowest BCUT2D eigenvalue weighted by atomic mass is 10.0. The van der Waals surface area contributed by atoms with E-state index in [1.165, 1.54) is 11.1 Å². The molecular weight excluding hydrogens is 342 g/mol. The molecule has 1 aliphatic rings. The van der Waals surface area contributed by atoms with Crippen molar-refractivity contribution in [2.24, 2.45) is 0 Å². The summed E-state index contributed by atoms with van der Waals surface area (Å²) in [6.45, 7) is 2.28. The molecule has 0 bridgehead atoms. The highest BCUT2D eigenvalue weighted by Crippen LogP contribution is 2.28. The predicted octanol–water partition coefficient (Wildman–Crippen LogP) is 3.38. The van der Waals surface area contributed by atoms with Crippen molar-refractivity contribution in [2.45, 2.75) is 18.7 Å². The fourth-order valence-electron chi connectivity index (χ4n) is 2.87. The van der Waals surface area contributed by atoms with Gasteiger partial charge in [-0.2, -0.15) is 0 Å². The van der Waals surface area contributed by atoms with E-state index in [9.17, 15) is 5.11 Å². The first kappa shape index (κ1) is 15.7. The Morgan fingerprint density at radius 2 is 1.82 bits per heavy atom. The third-order valence-electron chi connectivity index (χ3n) is 4.06. The zero-order chi connectivity index (χ0) is 15.4. The van der Waals surface area contributed by atoms with Crippen molar-refractivity contribution in [1.82, 2.24) is 4.90 Å². The Bertz CT molecular complexity index is 588. The Morgan fingerprint density at radius 1 is 1.09 bits per heavy atom. The van der Waals surface area contributed by atoms with Gasteiger partial charge in [0, 0.05) is 17.6 Å². The van der Waals surface area contributed by atoms with Gasteiger partial charge in [0.1, 0.15) is 0 Å². The summed E-state index contributed by atoms with van der Waals surface area (Å²) in [6, 6.07) is 19.1. The second-order valence-corrected chi connectivity index (χ2v) is 6.54. The molecule has 2 unspecified atom stereocenters. The first-order valence-corrected chi connectivity index (χ1v) is 8.31. The van der Waals surface area contributed by atoms with Crippen LogP contribution in [0.25, 0.3) is 0 Å². The van der Waals surface area contributed by atoms with Gasteiger partial charge in [-0.15, -0.1) is 0 Å². The molecule has 3 rings (SSSR count). The van der Waals surface area contributed by atoms with Crippen molar-refractivity contribution in [3.8, 4) is 0 Å². The molecule has 2 aromatic carbocycles. The summed E-state index contributed by atoms with van der Waals surface area (Å²) in [7, 11) is 0. The SMILES string of the molecule is OCC1CN(Cc2ccccc2)C(c2ccc(Br)cc2)CO1. The minimum atomic E-state index is -0.101. The molecule has 0 aliphatic carbocycles. The molecule has 1 N–H and O–H groups in total. The molecule has 2 aromatic rings. The van der Waals surface area contributed by atoms with Gasteiger partial charge in [-0.3, -0.25) is 4.90 Å². The van der Waals surface area contributed by atoms with E-state index in [0.29, 0.717) is 6.61 Å². The first-order chi connectivity index (χ1) is 10.8. The van der Waals surface area contributed by atoms with Gasteiger partial charge in [0.25, 0.3) is 0 Å². The summed E-state index contributed by atoms with van der Waals surface area (Å²) < 4.78 is 6.87. The molecule has 4 heteroatoms. The third kappa shape index (κ3) is 3.76. The number of halogens is 1. The summed E-state index contributed by atoms with van der Waals surface area (Å²) >= 11 is 3.48. The lowest BCUT2D eigenvalue weighted by Gasteiger charge is -2.39. The molecule has 1 saturated heterocycles. The number of benzene rings is 2. The van der Waals surface area contributed by atoms with Crippen LogP contribution in [0.3, 0.4) is 0 Å². The number of nitrogens with zero attached hydrogens (tertiary/aromatic N) is 1. The van der Waals surface area contributed by atoms with Crippen LogP contribution < -0.4 is 0 Å². The van der Waals surface area contributed by atoms with Crippen molar-refractivity contribution in [3.63, 3.8) is 0 Å². The van der Waals surface area contributed by atoms with Crippen LogP contribution in [0.15, 0.2) is 59.1 Å². The molecule has 0 saturated carbocycles. The first-order valence-electron chi connectivity index (χ1n) is 7.52. The number of ether oxygens (including phenoxy) is 1. The average Bonchev–Trinajstić information content (AvgIpc) is 2.57. The lowest BCUT2D eigenvalue weighted by Crippen LogP contribution is -2.45. The molecule has 0 radical (unpaired) electrons. The van der Waals surface area contributed by atoms with Crippen LogP contribution in [0.1, 0.15) is 17.2 Å².